The van der Waals surface area contributed by atoms with Crippen LogP contribution < -0.4 is 4.90 Å². The maximum atomic E-state index is 6.30. The number of hydrogen-bond donors (Lipinski definition) is 0. The molecule has 0 saturated carbocycles. The SMILES string of the molecule is Cc1cc2c(Cl)nc(N3CC(C)CC(C)C3)nc2s1. The molecular formula is C14H18ClN3S. The number of anilines is 1. The van der Waals surface area contributed by atoms with E-state index in [0.29, 0.717) is 17.0 Å². The molecule has 2 unspecified atom stereocenters. The Morgan fingerprint density at radius 2 is 1.95 bits per heavy atom. The molecule has 0 N–H and O–H groups in total. The van der Waals surface area contributed by atoms with Crippen LogP contribution in [0.3, 0.4) is 0 Å². The van der Waals surface area contributed by atoms with Gasteiger partial charge in [-0.2, -0.15) is 0 Å². The molecule has 0 bridgehead atoms. The van der Waals surface area contributed by atoms with Crippen LogP contribution >= 0.6 is 22.9 Å². The molecule has 1 saturated heterocycles. The Bertz CT molecular complexity index is 600. The zero-order chi connectivity index (χ0) is 13.6. The monoisotopic (exact) mass is 295 g/mol. The summed E-state index contributed by atoms with van der Waals surface area (Å²) in [6.45, 7) is 8.70. The molecule has 0 spiro atoms. The van der Waals surface area contributed by atoms with Crippen LogP contribution in [0, 0.1) is 18.8 Å². The Morgan fingerprint density at radius 1 is 1.26 bits per heavy atom. The second-order valence-electron chi connectivity index (χ2n) is 5.74. The molecule has 3 rings (SSSR count). The third kappa shape index (κ3) is 2.56. The normalized spacial score (nSPS) is 24.1. The number of rotatable bonds is 1. The smallest absolute Gasteiger partial charge is 0.228 e. The molecule has 5 heteroatoms. The molecule has 0 aromatic carbocycles. The van der Waals surface area contributed by atoms with E-state index in [1.54, 1.807) is 11.3 Å². The van der Waals surface area contributed by atoms with Gasteiger partial charge >= 0.3 is 0 Å². The fraction of sp³-hybridized carbons (Fsp3) is 0.571. The summed E-state index contributed by atoms with van der Waals surface area (Å²) in [4.78, 5) is 13.7. The molecule has 1 fully saturated rings. The van der Waals surface area contributed by atoms with E-state index in [1.165, 1.54) is 11.3 Å². The molecule has 0 aliphatic carbocycles. The summed E-state index contributed by atoms with van der Waals surface area (Å²) < 4.78 is 0. The van der Waals surface area contributed by atoms with E-state index >= 15 is 0 Å². The molecule has 2 atom stereocenters. The van der Waals surface area contributed by atoms with Gasteiger partial charge in [-0.3, -0.25) is 0 Å². The number of halogens is 1. The third-order valence-corrected chi connectivity index (χ3v) is 4.84. The van der Waals surface area contributed by atoms with Gasteiger partial charge in [-0.1, -0.05) is 25.4 Å². The van der Waals surface area contributed by atoms with Crippen molar-refractivity contribution >= 4 is 39.1 Å². The summed E-state index contributed by atoms with van der Waals surface area (Å²) in [6, 6.07) is 2.06. The van der Waals surface area contributed by atoms with Crippen molar-refractivity contribution in [2.45, 2.75) is 27.2 Å². The average Bonchev–Trinajstić information content (AvgIpc) is 2.69. The van der Waals surface area contributed by atoms with E-state index in [1.807, 2.05) is 0 Å². The first-order valence-electron chi connectivity index (χ1n) is 6.71. The highest BCUT2D eigenvalue weighted by molar-refractivity contribution is 7.18. The molecular weight excluding hydrogens is 278 g/mol. The Kier molecular flexibility index (Phi) is 3.39. The van der Waals surface area contributed by atoms with Crippen molar-refractivity contribution in [3.8, 4) is 0 Å². The lowest BCUT2D eigenvalue weighted by Gasteiger charge is -2.34. The van der Waals surface area contributed by atoms with E-state index in [2.05, 4.69) is 36.7 Å². The van der Waals surface area contributed by atoms with Gasteiger partial charge in [0.2, 0.25) is 5.95 Å². The van der Waals surface area contributed by atoms with Gasteiger partial charge in [0, 0.05) is 23.4 Å². The molecule has 0 amide bonds. The van der Waals surface area contributed by atoms with Crippen LogP contribution in [0.5, 0.6) is 0 Å². The number of piperidine rings is 1. The number of fused-ring (bicyclic) bond motifs is 1. The average molecular weight is 296 g/mol. The van der Waals surface area contributed by atoms with Gasteiger partial charge in [0.05, 0.1) is 0 Å². The molecule has 102 valence electrons. The highest BCUT2D eigenvalue weighted by Crippen LogP contribution is 2.31. The van der Waals surface area contributed by atoms with E-state index in [0.717, 1.165) is 29.3 Å². The van der Waals surface area contributed by atoms with Gasteiger partial charge in [0.1, 0.15) is 9.98 Å². The molecule has 19 heavy (non-hydrogen) atoms. The first kappa shape index (κ1) is 13.1. The summed E-state index contributed by atoms with van der Waals surface area (Å²) >= 11 is 7.98. The standard InChI is InChI=1S/C14H18ClN3S/c1-8-4-9(2)7-18(6-8)14-16-12(15)11-5-10(3)19-13(11)17-14/h5,8-9H,4,6-7H2,1-3H3. The lowest BCUT2D eigenvalue weighted by molar-refractivity contribution is 0.354. The number of aromatic nitrogens is 2. The summed E-state index contributed by atoms with van der Waals surface area (Å²) in [5, 5.41) is 1.56. The van der Waals surface area contributed by atoms with E-state index in [4.69, 9.17) is 16.6 Å². The highest BCUT2D eigenvalue weighted by Gasteiger charge is 2.24. The maximum absolute atomic E-state index is 6.30. The Hall–Kier alpha value is -0.870. The molecule has 3 heterocycles. The van der Waals surface area contributed by atoms with Gasteiger partial charge in [0.25, 0.3) is 0 Å². The Balaban J connectivity index is 2.00. The summed E-state index contributed by atoms with van der Waals surface area (Å²) in [6.07, 6.45) is 1.28. The first-order valence-corrected chi connectivity index (χ1v) is 7.91. The largest absolute Gasteiger partial charge is 0.340 e. The van der Waals surface area contributed by atoms with Crippen molar-refractivity contribution < 1.29 is 0 Å². The van der Waals surface area contributed by atoms with Gasteiger partial charge in [-0.05, 0) is 31.2 Å². The van der Waals surface area contributed by atoms with Crippen molar-refractivity contribution in [3.63, 3.8) is 0 Å². The quantitative estimate of drug-likeness (QED) is 0.741. The van der Waals surface area contributed by atoms with Crippen LogP contribution in [-0.2, 0) is 0 Å². The summed E-state index contributed by atoms with van der Waals surface area (Å²) in [7, 11) is 0. The number of nitrogens with zero attached hydrogens (tertiary/aromatic N) is 3. The van der Waals surface area contributed by atoms with Crippen LogP contribution in [0.15, 0.2) is 6.07 Å². The number of hydrogen-bond acceptors (Lipinski definition) is 4. The Labute approximate surface area is 122 Å². The molecule has 2 aromatic rings. The second-order valence-corrected chi connectivity index (χ2v) is 7.33. The molecule has 1 aliphatic heterocycles. The summed E-state index contributed by atoms with van der Waals surface area (Å²) in [5.74, 6) is 2.16. The van der Waals surface area contributed by atoms with Gasteiger partial charge in [-0.25, -0.2) is 9.97 Å². The highest BCUT2D eigenvalue weighted by atomic mass is 35.5. The third-order valence-electron chi connectivity index (χ3n) is 3.61. The maximum Gasteiger partial charge on any atom is 0.228 e. The number of aryl methyl sites for hydroxylation is 1. The van der Waals surface area contributed by atoms with Crippen molar-refractivity contribution in [1.29, 1.82) is 0 Å². The molecule has 3 nitrogen and oxygen atoms in total. The van der Waals surface area contributed by atoms with Crippen LogP contribution in [0.2, 0.25) is 5.15 Å². The predicted molar refractivity (Wildman–Crippen MR) is 82.3 cm³/mol. The van der Waals surface area contributed by atoms with Crippen LogP contribution in [-0.4, -0.2) is 23.1 Å². The number of thiophene rings is 1. The van der Waals surface area contributed by atoms with Crippen LogP contribution in [0.25, 0.3) is 10.2 Å². The zero-order valence-electron chi connectivity index (χ0n) is 11.5. The van der Waals surface area contributed by atoms with Crippen molar-refractivity contribution in [3.05, 3.63) is 16.1 Å². The van der Waals surface area contributed by atoms with Crippen LogP contribution in [0.1, 0.15) is 25.1 Å². The minimum absolute atomic E-state index is 0.579. The molecule has 2 aromatic heterocycles. The zero-order valence-corrected chi connectivity index (χ0v) is 13.1. The fourth-order valence-electron chi connectivity index (χ4n) is 2.96. The van der Waals surface area contributed by atoms with E-state index < -0.39 is 0 Å². The van der Waals surface area contributed by atoms with Gasteiger partial charge in [0.15, 0.2) is 0 Å². The Morgan fingerprint density at radius 3 is 2.63 bits per heavy atom. The minimum Gasteiger partial charge on any atom is -0.340 e. The topological polar surface area (TPSA) is 29.0 Å². The second kappa shape index (κ2) is 4.91. The summed E-state index contributed by atoms with van der Waals surface area (Å²) in [5.41, 5.74) is 0. The lowest BCUT2D eigenvalue weighted by atomic mass is 9.92. The van der Waals surface area contributed by atoms with E-state index in [9.17, 15) is 0 Å². The minimum atomic E-state index is 0.579. The van der Waals surface area contributed by atoms with Crippen molar-refractivity contribution in [2.24, 2.45) is 11.8 Å². The molecule has 0 radical (unpaired) electrons. The fourth-order valence-corrected chi connectivity index (χ4v) is 4.11. The molecule has 1 aliphatic rings. The van der Waals surface area contributed by atoms with E-state index in [-0.39, 0.29) is 0 Å². The lowest BCUT2D eigenvalue weighted by Crippen LogP contribution is -2.39. The predicted octanol–water partition coefficient (Wildman–Crippen LogP) is 4.14. The van der Waals surface area contributed by atoms with Crippen LogP contribution in [0.4, 0.5) is 5.95 Å². The van der Waals surface area contributed by atoms with Crippen molar-refractivity contribution in [1.82, 2.24) is 9.97 Å². The first-order chi connectivity index (χ1) is 9.02. The van der Waals surface area contributed by atoms with Gasteiger partial charge < -0.3 is 4.90 Å². The van der Waals surface area contributed by atoms with Crippen molar-refractivity contribution in [2.75, 3.05) is 18.0 Å². The van der Waals surface area contributed by atoms with Gasteiger partial charge in [-0.15, -0.1) is 11.3 Å².